The topological polar surface area (TPSA) is 35.5 Å². The zero-order chi connectivity index (χ0) is 15.2. The fourth-order valence-electron chi connectivity index (χ4n) is 1.89. The number of rotatable bonds is 6. The second-order valence-corrected chi connectivity index (χ2v) is 5.64. The molecule has 0 saturated heterocycles. The highest BCUT2D eigenvalue weighted by Gasteiger charge is 2.13. The third-order valence-electron chi connectivity index (χ3n) is 3.10. The van der Waals surface area contributed by atoms with Crippen LogP contribution in [0.3, 0.4) is 0 Å². The average molecular weight is 302 g/mol. The monoisotopic (exact) mass is 302 g/mol. The van der Waals surface area contributed by atoms with Gasteiger partial charge in [0.2, 0.25) is 0 Å². The molecule has 0 amide bonds. The summed E-state index contributed by atoms with van der Waals surface area (Å²) in [4.78, 5) is 13.4. The second kappa shape index (κ2) is 7.18. The first-order chi connectivity index (χ1) is 10.1. The van der Waals surface area contributed by atoms with Gasteiger partial charge in [0.05, 0.1) is 25.5 Å². The van der Waals surface area contributed by atoms with Crippen LogP contribution in [-0.4, -0.2) is 25.8 Å². The zero-order valence-corrected chi connectivity index (χ0v) is 13.2. The van der Waals surface area contributed by atoms with Gasteiger partial charge in [-0.3, -0.25) is 4.79 Å². The van der Waals surface area contributed by atoms with Gasteiger partial charge < -0.3 is 9.47 Å². The van der Waals surface area contributed by atoms with Gasteiger partial charge in [-0.15, -0.1) is 11.8 Å². The van der Waals surface area contributed by atoms with E-state index in [4.69, 9.17) is 9.47 Å². The Labute approximate surface area is 129 Å². The molecule has 0 fully saturated rings. The van der Waals surface area contributed by atoms with Crippen molar-refractivity contribution in [3.63, 3.8) is 0 Å². The molecule has 0 aromatic heterocycles. The number of hydrogen-bond donors (Lipinski definition) is 0. The van der Waals surface area contributed by atoms with Crippen molar-refractivity contribution in [1.82, 2.24) is 0 Å². The lowest BCUT2D eigenvalue weighted by Gasteiger charge is -2.09. The summed E-state index contributed by atoms with van der Waals surface area (Å²) < 4.78 is 10.4. The van der Waals surface area contributed by atoms with Crippen LogP contribution in [0.1, 0.15) is 15.9 Å². The number of ether oxygens (including phenoxy) is 2. The predicted octanol–water partition coefficient (Wildman–Crippen LogP) is 3.99. The Balaban J connectivity index is 2.07. The van der Waals surface area contributed by atoms with Gasteiger partial charge in [0.1, 0.15) is 11.5 Å². The summed E-state index contributed by atoms with van der Waals surface area (Å²) in [6.45, 7) is 2.04. The highest BCUT2D eigenvalue weighted by Crippen LogP contribution is 2.27. The Morgan fingerprint density at radius 3 is 2.38 bits per heavy atom. The molecule has 4 heteroatoms. The maximum absolute atomic E-state index is 12.3. The highest BCUT2D eigenvalue weighted by molar-refractivity contribution is 8.00. The standard InChI is InChI=1S/C17H18O3S/c1-12-4-7-14(8-5-12)21-11-16(18)15-9-6-13(19-2)10-17(15)20-3/h4-10H,11H2,1-3H3. The zero-order valence-electron chi connectivity index (χ0n) is 12.4. The van der Waals surface area contributed by atoms with Gasteiger partial charge in [0.15, 0.2) is 5.78 Å². The molecule has 21 heavy (non-hydrogen) atoms. The van der Waals surface area contributed by atoms with Gasteiger partial charge >= 0.3 is 0 Å². The summed E-state index contributed by atoms with van der Waals surface area (Å²) in [5.41, 5.74) is 1.79. The summed E-state index contributed by atoms with van der Waals surface area (Å²) in [6, 6.07) is 13.4. The van der Waals surface area contributed by atoms with E-state index in [1.807, 2.05) is 31.2 Å². The minimum atomic E-state index is 0.0417. The third-order valence-corrected chi connectivity index (χ3v) is 4.11. The first-order valence-electron chi connectivity index (χ1n) is 6.58. The first-order valence-corrected chi connectivity index (χ1v) is 7.57. The van der Waals surface area contributed by atoms with Gasteiger partial charge in [0, 0.05) is 11.0 Å². The van der Waals surface area contributed by atoms with Crippen molar-refractivity contribution in [2.75, 3.05) is 20.0 Å². The van der Waals surface area contributed by atoms with Crippen molar-refractivity contribution in [1.29, 1.82) is 0 Å². The van der Waals surface area contributed by atoms with E-state index >= 15 is 0 Å². The van der Waals surface area contributed by atoms with Gasteiger partial charge in [-0.1, -0.05) is 17.7 Å². The predicted molar refractivity (Wildman–Crippen MR) is 85.8 cm³/mol. The fourth-order valence-corrected chi connectivity index (χ4v) is 2.67. The Bertz CT molecular complexity index is 620. The van der Waals surface area contributed by atoms with Crippen molar-refractivity contribution in [2.45, 2.75) is 11.8 Å². The lowest BCUT2D eigenvalue weighted by molar-refractivity contribution is 0.101. The molecule has 2 aromatic carbocycles. The van der Waals surface area contributed by atoms with E-state index < -0.39 is 0 Å². The molecule has 0 radical (unpaired) electrons. The molecule has 0 bridgehead atoms. The lowest BCUT2D eigenvalue weighted by atomic mass is 10.1. The number of ketones is 1. The SMILES string of the molecule is COc1ccc(C(=O)CSc2ccc(C)cc2)c(OC)c1. The molecule has 0 aliphatic heterocycles. The minimum Gasteiger partial charge on any atom is -0.497 e. The molecule has 2 rings (SSSR count). The normalized spacial score (nSPS) is 10.2. The average Bonchev–Trinajstić information content (AvgIpc) is 2.53. The molecule has 0 spiro atoms. The van der Waals surface area contributed by atoms with Crippen molar-refractivity contribution in [3.05, 3.63) is 53.6 Å². The quantitative estimate of drug-likeness (QED) is 0.597. The molecule has 0 heterocycles. The first kappa shape index (κ1) is 15.4. The lowest BCUT2D eigenvalue weighted by Crippen LogP contribution is -2.05. The van der Waals surface area contributed by atoms with Crippen LogP contribution in [-0.2, 0) is 0 Å². The Kier molecular flexibility index (Phi) is 5.28. The number of carbonyl (C=O) groups excluding carboxylic acids is 1. The molecule has 2 aromatic rings. The Morgan fingerprint density at radius 1 is 1.05 bits per heavy atom. The molecule has 0 N–H and O–H groups in total. The summed E-state index contributed by atoms with van der Waals surface area (Å²) in [5, 5.41) is 0. The van der Waals surface area contributed by atoms with Crippen LogP contribution in [0.15, 0.2) is 47.4 Å². The van der Waals surface area contributed by atoms with E-state index in [1.54, 1.807) is 32.4 Å². The van der Waals surface area contributed by atoms with E-state index in [0.717, 1.165) is 4.90 Å². The maximum atomic E-state index is 12.3. The molecule has 0 atom stereocenters. The molecular weight excluding hydrogens is 284 g/mol. The van der Waals surface area contributed by atoms with E-state index in [0.29, 0.717) is 22.8 Å². The number of thioether (sulfide) groups is 1. The third kappa shape index (κ3) is 4.02. The van der Waals surface area contributed by atoms with Crippen molar-refractivity contribution in [2.24, 2.45) is 0 Å². The van der Waals surface area contributed by atoms with Crippen molar-refractivity contribution in [3.8, 4) is 11.5 Å². The summed E-state index contributed by atoms with van der Waals surface area (Å²) in [5.74, 6) is 1.64. The Morgan fingerprint density at radius 2 is 1.76 bits per heavy atom. The second-order valence-electron chi connectivity index (χ2n) is 4.59. The minimum absolute atomic E-state index is 0.0417. The highest BCUT2D eigenvalue weighted by atomic mass is 32.2. The number of Topliss-reactive ketones (excluding diaryl/α,β-unsaturated/α-hetero) is 1. The summed E-state index contributed by atoms with van der Waals surface area (Å²) >= 11 is 1.52. The maximum Gasteiger partial charge on any atom is 0.176 e. The van der Waals surface area contributed by atoms with Crippen LogP contribution >= 0.6 is 11.8 Å². The van der Waals surface area contributed by atoms with E-state index in [-0.39, 0.29) is 5.78 Å². The Hall–Kier alpha value is -1.94. The van der Waals surface area contributed by atoms with E-state index in [9.17, 15) is 4.79 Å². The summed E-state index contributed by atoms with van der Waals surface area (Å²) in [6.07, 6.45) is 0. The molecule has 0 saturated carbocycles. The molecule has 0 aliphatic carbocycles. The van der Waals surface area contributed by atoms with Crippen LogP contribution in [0.5, 0.6) is 11.5 Å². The number of methoxy groups -OCH3 is 2. The number of aryl methyl sites for hydroxylation is 1. The van der Waals surface area contributed by atoms with Crippen molar-refractivity contribution < 1.29 is 14.3 Å². The number of hydrogen-bond acceptors (Lipinski definition) is 4. The summed E-state index contributed by atoms with van der Waals surface area (Å²) in [7, 11) is 3.14. The molecular formula is C17H18O3S. The van der Waals surface area contributed by atoms with Crippen molar-refractivity contribution >= 4 is 17.5 Å². The fraction of sp³-hybridized carbons (Fsp3) is 0.235. The van der Waals surface area contributed by atoms with Crippen LogP contribution in [0.2, 0.25) is 0 Å². The van der Waals surface area contributed by atoms with Crippen LogP contribution < -0.4 is 9.47 Å². The molecule has 110 valence electrons. The van der Waals surface area contributed by atoms with E-state index in [1.165, 1.54) is 17.3 Å². The smallest absolute Gasteiger partial charge is 0.176 e. The molecule has 0 aliphatic rings. The van der Waals surface area contributed by atoms with Gasteiger partial charge in [-0.25, -0.2) is 0 Å². The van der Waals surface area contributed by atoms with Gasteiger partial charge in [0.25, 0.3) is 0 Å². The van der Waals surface area contributed by atoms with Gasteiger partial charge in [-0.2, -0.15) is 0 Å². The van der Waals surface area contributed by atoms with E-state index in [2.05, 4.69) is 0 Å². The largest absolute Gasteiger partial charge is 0.497 e. The molecule has 3 nitrogen and oxygen atoms in total. The molecule has 0 unspecified atom stereocenters. The van der Waals surface area contributed by atoms with Crippen LogP contribution in [0.25, 0.3) is 0 Å². The number of carbonyl (C=O) groups is 1. The number of benzene rings is 2. The van der Waals surface area contributed by atoms with Crippen LogP contribution in [0.4, 0.5) is 0 Å². The van der Waals surface area contributed by atoms with Crippen LogP contribution in [0, 0.1) is 6.92 Å². The van der Waals surface area contributed by atoms with Gasteiger partial charge in [-0.05, 0) is 31.2 Å².